The molecular formula is C25H32N2O5S. The molecule has 0 N–H and O–H groups in total. The van der Waals surface area contributed by atoms with Gasteiger partial charge < -0.3 is 14.5 Å². The number of carbonyl (C=O) groups is 2. The lowest BCUT2D eigenvalue weighted by molar-refractivity contribution is -0.134. The van der Waals surface area contributed by atoms with E-state index in [-0.39, 0.29) is 29.0 Å². The predicted octanol–water partition coefficient (Wildman–Crippen LogP) is 3.49. The molecule has 2 aromatic carbocycles. The van der Waals surface area contributed by atoms with E-state index in [1.54, 1.807) is 29.0 Å². The average Bonchev–Trinajstić information content (AvgIpc) is 3.17. The van der Waals surface area contributed by atoms with Gasteiger partial charge in [0.1, 0.15) is 5.75 Å². The standard InChI is InChI=1S/C25H32N2O5S/c1-18(2)19-8-5-9-21(14-19)27-17-20(15-24(27)28)25(29)26(3)12-7-13-32-22-10-6-11-23(16-22)33(4,30)31/h5-6,8-11,14,16,18,20H,7,12-13,15,17H2,1-4H3. The number of benzene rings is 2. The van der Waals surface area contributed by atoms with Gasteiger partial charge in [-0.15, -0.1) is 0 Å². The van der Waals surface area contributed by atoms with Crippen molar-refractivity contribution in [3.8, 4) is 5.75 Å². The fraction of sp³-hybridized carbons (Fsp3) is 0.440. The maximum Gasteiger partial charge on any atom is 0.227 e. The monoisotopic (exact) mass is 472 g/mol. The number of amides is 2. The lowest BCUT2D eigenvalue weighted by atomic mass is 10.0. The number of nitrogens with zero attached hydrogens (tertiary/aromatic N) is 2. The first-order valence-corrected chi connectivity index (χ1v) is 13.0. The summed E-state index contributed by atoms with van der Waals surface area (Å²) in [6, 6.07) is 14.3. The highest BCUT2D eigenvalue weighted by molar-refractivity contribution is 7.90. The molecule has 1 saturated heterocycles. The quantitative estimate of drug-likeness (QED) is 0.522. The number of ether oxygens (including phenoxy) is 1. The smallest absolute Gasteiger partial charge is 0.227 e. The molecule has 178 valence electrons. The van der Waals surface area contributed by atoms with E-state index in [4.69, 9.17) is 4.74 Å². The van der Waals surface area contributed by atoms with Crippen LogP contribution in [0.1, 0.15) is 38.2 Å². The van der Waals surface area contributed by atoms with Gasteiger partial charge in [0.05, 0.1) is 17.4 Å². The van der Waals surface area contributed by atoms with Crippen molar-refractivity contribution in [1.82, 2.24) is 4.90 Å². The van der Waals surface area contributed by atoms with Crippen LogP contribution in [0.25, 0.3) is 0 Å². The molecular weight excluding hydrogens is 440 g/mol. The third kappa shape index (κ3) is 6.35. The van der Waals surface area contributed by atoms with Gasteiger partial charge in [-0.1, -0.05) is 32.0 Å². The maximum absolute atomic E-state index is 12.9. The highest BCUT2D eigenvalue weighted by Crippen LogP contribution is 2.28. The summed E-state index contributed by atoms with van der Waals surface area (Å²) in [4.78, 5) is 29.1. The number of sulfone groups is 1. The Labute approximate surface area is 196 Å². The van der Waals surface area contributed by atoms with Crippen LogP contribution in [-0.2, 0) is 19.4 Å². The summed E-state index contributed by atoms with van der Waals surface area (Å²) >= 11 is 0. The molecule has 1 unspecified atom stereocenters. The van der Waals surface area contributed by atoms with E-state index in [0.29, 0.717) is 37.8 Å². The minimum Gasteiger partial charge on any atom is -0.493 e. The van der Waals surface area contributed by atoms with E-state index in [1.165, 1.54) is 12.1 Å². The van der Waals surface area contributed by atoms with E-state index >= 15 is 0 Å². The molecule has 2 amide bonds. The van der Waals surface area contributed by atoms with Crippen molar-refractivity contribution >= 4 is 27.3 Å². The molecule has 0 aliphatic carbocycles. The molecule has 0 saturated carbocycles. The Bertz CT molecular complexity index is 1110. The molecule has 0 spiro atoms. The molecule has 0 aromatic heterocycles. The summed E-state index contributed by atoms with van der Waals surface area (Å²) in [5.74, 6) is 0.397. The molecule has 3 rings (SSSR count). The van der Waals surface area contributed by atoms with Crippen molar-refractivity contribution in [1.29, 1.82) is 0 Å². The highest BCUT2D eigenvalue weighted by Gasteiger charge is 2.36. The van der Waals surface area contributed by atoms with Crippen LogP contribution >= 0.6 is 0 Å². The summed E-state index contributed by atoms with van der Waals surface area (Å²) in [6.45, 7) is 5.44. The predicted molar refractivity (Wildman–Crippen MR) is 128 cm³/mol. The molecule has 33 heavy (non-hydrogen) atoms. The molecule has 1 heterocycles. The number of carbonyl (C=O) groups excluding carboxylic acids is 2. The van der Waals surface area contributed by atoms with Crippen LogP contribution in [0.2, 0.25) is 0 Å². The van der Waals surface area contributed by atoms with Crippen LogP contribution in [0.4, 0.5) is 5.69 Å². The first kappa shape index (κ1) is 24.8. The molecule has 7 nitrogen and oxygen atoms in total. The summed E-state index contributed by atoms with van der Waals surface area (Å²) in [5.41, 5.74) is 2.00. The Kier molecular flexibility index (Phi) is 7.79. The molecule has 0 bridgehead atoms. The molecule has 8 heteroatoms. The number of hydrogen-bond donors (Lipinski definition) is 0. The minimum atomic E-state index is -3.29. The highest BCUT2D eigenvalue weighted by atomic mass is 32.2. The van der Waals surface area contributed by atoms with Crippen molar-refractivity contribution < 1.29 is 22.7 Å². The van der Waals surface area contributed by atoms with Crippen molar-refractivity contribution in [3.63, 3.8) is 0 Å². The summed E-state index contributed by atoms with van der Waals surface area (Å²) < 4.78 is 29.0. The zero-order valence-electron chi connectivity index (χ0n) is 19.7. The second kappa shape index (κ2) is 10.4. The van der Waals surface area contributed by atoms with Gasteiger partial charge in [-0.25, -0.2) is 8.42 Å². The van der Waals surface area contributed by atoms with Gasteiger partial charge in [0, 0.05) is 38.5 Å². The van der Waals surface area contributed by atoms with Crippen LogP contribution in [0.5, 0.6) is 5.75 Å². The first-order chi connectivity index (χ1) is 15.6. The van der Waals surface area contributed by atoms with Crippen molar-refractivity contribution in [2.75, 3.05) is 37.9 Å². The molecule has 1 aliphatic heterocycles. The van der Waals surface area contributed by atoms with Crippen molar-refractivity contribution in [2.45, 2.75) is 37.5 Å². The second-order valence-electron chi connectivity index (χ2n) is 8.86. The van der Waals surface area contributed by atoms with Gasteiger partial charge >= 0.3 is 0 Å². The SMILES string of the molecule is CC(C)c1cccc(N2CC(C(=O)N(C)CCCOc3cccc(S(C)(=O)=O)c3)CC2=O)c1. The number of rotatable bonds is 9. The molecule has 1 atom stereocenters. The zero-order chi connectivity index (χ0) is 24.2. The number of hydrogen-bond acceptors (Lipinski definition) is 5. The second-order valence-corrected chi connectivity index (χ2v) is 10.9. The Balaban J connectivity index is 1.50. The Morgan fingerprint density at radius 2 is 1.91 bits per heavy atom. The lowest BCUT2D eigenvalue weighted by Crippen LogP contribution is -2.35. The lowest BCUT2D eigenvalue weighted by Gasteiger charge is -2.22. The van der Waals surface area contributed by atoms with Gasteiger partial charge in [-0.05, 0) is 48.2 Å². The molecule has 2 aromatic rings. The fourth-order valence-electron chi connectivity index (χ4n) is 3.88. The van der Waals surface area contributed by atoms with Gasteiger partial charge in [0.25, 0.3) is 0 Å². The van der Waals surface area contributed by atoms with Crippen LogP contribution in [0.3, 0.4) is 0 Å². The van der Waals surface area contributed by atoms with E-state index in [0.717, 1.165) is 17.5 Å². The van der Waals surface area contributed by atoms with E-state index in [1.807, 2.05) is 24.3 Å². The normalized spacial score (nSPS) is 16.3. The molecule has 0 radical (unpaired) electrons. The van der Waals surface area contributed by atoms with Crippen LogP contribution < -0.4 is 9.64 Å². The summed E-state index contributed by atoms with van der Waals surface area (Å²) in [5, 5.41) is 0. The summed E-state index contributed by atoms with van der Waals surface area (Å²) in [6.07, 6.45) is 1.96. The average molecular weight is 473 g/mol. The van der Waals surface area contributed by atoms with Gasteiger partial charge in [-0.3, -0.25) is 9.59 Å². The topological polar surface area (TPSA) is 84.0 Å². The van der Waals surface area contributed by atoms with Gasteiger partial charge in [-0.2, -0.15) is 0 Å². The van der Waals surface area contributed by atoms with Gasteiger partial charge in [0.2, 0.25) is 11.8 Å². The fourth-order valence-corrected chi connectivity index (χ4v) is 4.54. The minimum absolute atomic E-state index is 0.0308. The molecule has 1 aliphatic rings. The van der Waals surface area contributed by atoms with Gasteiger partial charge in [0.15, 0.2) is 9.84 Å². The zero-order valence-corrected chi connectivity index (χ0v) is 20.5. The third-order valence-corrected chi connectivity index (χ3v) is 6.95. The Morgan fingerprint density at radius 1 is 1.18 bits per heavy atom. The van der Waals surface area contributed by atoms with Crippen LogP contribution in [0, 0.1) is 5.92 Å². The maximum atomic E-state index is 12.9. The van der Waals surface area contributed by atoms with Crippen molar-refractivity contribution in [2.24, 2.45) is 5.92 Å². The third-order valence-electron chi connectivity index (χ3n) is 5.84. The van der Waals surface area contributed by atoms with Crippen LogP contribution in [-0.4, -0.2) is 58.1 Å². The van der Waals surface area contributed by atoms with E-state index < -0.39 is 9.84 Å². The van der Waals surface area contributed by atoms with Crippen LogP contribution in [0.15, 0.2) is 53.4 Å². The Hall–Kier alpha value is -2.87. The first-order valence-electron chi connectivity index (χ1n) is 11.1. The summed E-state index contributed by atoms with van der Waals surface area (Å²) in [7, 11) is -1.56. The van der Waals surface area contributed by atoms with Crippen molar-refractivity contribution in [3.05, 3.63) is 54.1 Å². The van der Waals surface area contributed by atoms with E-state index in [9.17, 15) is 18.0 Å². The number of anilines is 1. The largest absolute Gasteiger partial charge is 0.493 e. The van der Waals surface area contributed by atoms with E-state index in [2.05, 4.69) is 13.8 Å². The Morgan fingerprint density at radius 3 is 2.61 bits per heavy atom. The molecule has 1 fully saturated rings.